The Balaban J connectivity index is 2.13. The van der Waals surface area contributed by atoms with Crippen molar-refractivity contribution in [2.24, 2.45) is 0 Å². The molecule has 0 spiro atoms. The number of aliphatic hydroxyl groups is 1. The Hall–Kier alpha value is -1.70. The van der Waals surface area contributed by atoms with Crippen molar-refractivity contribution >= 4 is 33.1 Å². The molecule has 0 aliphatic carbocycles. The fourth-order valence-corrected chi connectivity index (χ4v) is 3.25. The van der Waals surface area contributed by atoms with Gasteiger partial charge in [0.05, 0.1) is 25.5 Å². The van der Waals surface area contributed by atoms with E-state index in [2.05, 4.69) is 10.3 Å². The maximum Gasteiger partial charge on any atom is 0.263 e. The quantitative estimate of drug-likeness (QED) is 0.697. The Morgan fingerprint density at radius 2 is 2.24 bits per heavy atom. The van der Waals surface area contributed by atoms with Crippen LogP contribution in [0.5, 0.6) is 0 Å². The molecule has 0 aliphatic heterocycles. The van der Waals surface area contributed by atoms with Crippen LogP contribution in [0.2, 0.25) is 0 Å². The topological polar surface area (TPSA) is 97.5 Å². The number of fused-ring (bicyclic) bond motifs is 1. The average Bonchev–Trinajstić information content (AvgIpc) is 2.75. The number of carbonyl (C=O) groups excluding carboxylic acids is 1. The van der Waals surface area contributed by atoms with Crippen LogP contribution in [-0.4, -0.2) is 42.4 Å². The van der Waals surface area contributed by atoms with Gasteiger partial charge in [0.15, 0.2) is 0 Å². The Labute approximate surface area is 126 Å². The second-order valence-corrected chi connectivity index (χ2v) is 5.70. The average molecular weight is 309 g/mol. The van der Waals surface area contributed by atoms with E-state index in [1.54, 1.807) is 0 Å². The Bertz CT molecular complexity index is 654. The normalized spacial score (nSPS) is 11.0. The molecule has 0 aliphatic rings. The lowest BCUT2D eigenvalue weighted by molar-refractivity contribution is 0.0841. The minimum Gasteiger partial charge on any atom is -0.397 e. The van der Waals surface area contributed by atoms with Crippen LogP contribution in [0.4, 0.5) is 5.69 Å². The first kappa shape index (κ1) is 15.7. The zero-order valence-electron chi connectivity index (χ0n) is 12.1. The molecule has 0 radical (unpaired) electrons. The smallest absolute Gasteiger partial charge is 0.263 e. The number of ether oxygens (including phenoxy) is 1. The van der Waals surface area contributed by atoms with Crippen LogP contribution in [0, 0.1) is 13.8 Å². The Morgan fingerprint density at radius 1 is 1.48 bits per heavy atom. The number of hydrogen-bond donors (Lipinski definition) is 3. The molecule has 0 unspecified atom stereocenters. The van der Waals surface area contributed by atoms with Crippen LogP contribution < -0.4 is 11.1 Å². The highest BCUT2D eigenvalue weighted by atomic mass is 32.1. The third-order valence-electron chi connectivity index (χ3n) is 3.00. The van der Waals surface area contributed by atoms with Crippen molar-refractivity contribution in [3.63, 3.8) is 0 Å². The molecule has 0 bridgehead atoms. The molecule has 21 heavy (non-hydrogen) atoms. The van der Waals surface area contributed by atoms with E-state index in [0.29, 0.717) is 23.7 Å². The van der Waals surface area contributed by atoms with Crippen molar-refractivity contribution in [2.75, 3.05) is 32.1 Å². The number of aryl methyl sites for hydroxylation is 2. The summed E-state index contributed by atoms with van der Waals surface area (Å²) in [5, 5.41) is 12.2. The number of nitrogens with zero attached hydrogens (tertiary/aromatic N) is 1. The third kappa shape index (κ3) is 3.49. The summed E-state index contributed by atoms with van der Waals surface area (Å²) in [7, 11) is 0. The lowest BCUT2D eigenvalue weighted by Crippen LogP contribution is -2.27. The fraction of sp³-hybridized carbons (Fsp3) is 0.429. The highest BCUT2D eigenvalue weighted by molar-refractivity contribution is 7.21. The monoisotopic (exact) mass is 309 g/mol. The molecule has 114 valence electrons. The van der Waals surface area contributed by atoms with Crippen molar-refractivity contribution < 1.29 is 14.6 Å². The number of nitrogen functional groups attached to an aromatic ring is 1. The van der Waals surface area contributed by atoms with Gasteiger partial charge in [-0.1, -0.05) is 0 Å². The van der Waals surface area contributed by atoms with Gasteiger partial charge in [0.1, 0.15) is 9.71 Å². The molecule has 2 heterocycles. The van der Waals surface area contributed by atoms with Gasteiger partial charge in [0.2, 0.25) is 0 Å². The number of rotatable bonds is 6. The van der Waals surface area contributed by atoms with Crippen molar-refractivity contribution in [3.05, 3.63) is 22.2 Å². The first-order valence-corrected chi connectivity index (χ1v) is 7.49. The van der Waals surface area contributed by atoms with E-state index in [9.17, 15) is 4.79 Å². The van der Waals surface area contributed by atoms with E-state index in [0.717, 1.165) is 21.5 Å². The first-order chi connectivity index (χ1) is 10.0. The fourth-order valence-electron chi connectivity index (χ4n) is 2.12. The lowest BCUT2D eigenvalue weighted by atomic mass is 10.1. The number of pyridine rings is 1. The highest BCUT2D eigenvalue weighted by Crippen LogP contribution is 2.34. The predicted octanol–water partition coefficient (Wildman–Crippen LogP) is 1.23. The lowest BCUT2D eigenvalue weighted by Gasteiger charge is -2.05. The van der Waals surface area contributed by atoms with E-state index >= 15 is 0 Å². The van der Waals surface area contributed by atoms with E-state index in [4.69, 9.17) is 15.6 Å². The minimum atomic E-state index is -0.222. The van der Waals surface area contributed by atoms with Gasteiger partial charge in [-0.15, -0.1) is 11.3 Å². The van der Waals surface area contributed by atoms with E-state index in [1.165, 1.54) is 11.3 Å². The third-order valence-corrected chi connectivity index (χ3v) is 4.10. The summed E-state index contributed by atoms with van der Waals surface area (Å²) in [6.07, 6.45) is 0. The highest BCUT2D eigenvalue weighted by Gasteiger charge is 2.18. The van der Waals surface area contributed by atoms with Crippen LogP contribution in [0.1, 0.15) is 20.9 Å². The summed E-state index contributed by atoms with van der Waals surface area (Å²) in [6.45, 7) is 4.85. The zero-order valence-corrected chi connectivity index (χ0v) is 12.9. The van der Waals surface area contributed by atoms with Crippen molar-refractivity contribution in [2.45, 2.75) is 13.8 Å². The first-order valence-electron chi connectivity index (χ1n) is 6.67. The van der Waals surface area contributed by atoms with Crippen molar-refractivity contribution in [3.8, 4) is 0 Å². The Morgan fingerprint density at radius 3 is 2.95 bits per heavy atom. The number of aliphatic hydroxyl groups excluding tert-OH is 1. The van der Waals surface area contributed by atoms with E-state index < -0.39 is 0 Å². The van der Waals surface area contributed by atoms with Gasteiger partial charge >= 0.3 is 0 Å². The summed E-state index contributed by atoms with van der Waals surface area (Å²) in [5.74, 6) is -0.222. The number of nitrogens with one attached hydrogen (secondary N) is 1. The molecule has 4 N–H and O–H groups in total. The molecule has 1 amide bonds. The summed E-state index contributed by atoms with van der Waals surface area (Å²) < 4.78 is 5.09. The van der Waals surface area contributed by atoms with Crippen LogP contribution in [0.3, 0.4) is 0 Å². The molecule has 6 nitrogen and oxygen atoms in total. The number of aromatic nitrogens is 1. The number of anilines is 1. The summed E-state index contributed by atoms with van der Waals surface area (Å²) >= 11 is 1.30. The number of nitrogens with two attached hydrogens (primary N) is 1. The van der Waals surface area contributed by atoms with Crippen LogP contribution >= 0.6 is 11.3 Å². The molecule has 7 heteroatoms. The SMILES string of the molecule is Cc1cc(C)c2c(N)c(C(=O)NCCOCCO)sc2n1. The van der Waals surface area contributed by atoms with Crippen molar-refractivity contribution in [1.29, 1.82) is 0 Å². The molecule has 0 saturated heterocycles. The predicted molar refractivity (Wildman–Crippen MR) is 83.7 cm³/mol. The van der Waals surface area contributed by atoms with Crippen LogP contribution in [0.15, 0.2) is 6.07 Å². The van der Waals surface area contributed by atoms with Gasteiger partial charge in [-0.3, -0.25) is 4.79 Å². The van der Waals surface area contributed by atoms with Gasteiger partial charge < -0.3 is 20.9 Å². The molecular weight excluding hydrogens is 290 g/mol. The molecule has 0 atom stereocenters. The van der Waals surface area contributed by atoms with Crippen LogP contribution in [-0.2, 0) is 4.74 Å². The minimum absolute atomic E-state index is 0.0263. The summed E-state index contributed by atoms with van der Waals surface area (Å²) in [5.41, 5.74) is 8.50. The molecule has 0 aromatic carbocycles. The van der Waals surface area contributed by atoms with Gasteiger partial charge in [0, 0.05) is 17.6 Å². The van der Waals surface area contributed by atoms with Gasteiger partial charge in [-0.05, 0) is 25.5 Å². The summed E-state index contributed by atoms with van der Waals surface area (Å²) in [4.78, 5) is 17.8. The number of amides is 1. The van der Waals surface area contributed by atoms with E-state index in [1.807, 2.05) is 19.9 Å². The Kier molecular flexibility index (Phi) is 5.11. The molecule has 0 saturated carbocycles. The number of hydrogen-bond acceptors (Lipinski definition) is 6. The second kappa shape index (κ2) is 6.84. The van der Waals surface area contributed by atoms with E-state index in [-0.39, 0.29) is 19.1 Å². The maximum absolute atomic E-state index is 12.2. The van der Waals surface area contributed by atoms with Gasteiger partial charge in [-0.25, -0.2) is 4.98 Å². The molecule has 2 aromatic rings. The molecule has 0 fully saturated rings. The standard InChI is InChI=1S/C14H19N3O3S/c1-8-7-9(2)17-14-10(8)11(15)12(21-14)13(19)16-3-5-20-6-4-18/h7,18H,3-6,15H2,1-2H3,(H,16,19). The maximum atomic E-state index is 12.2. The second-order valence-electron chi connectivity index (χ2n) is 4.70. The molecular formula is C14H19N3O3S. The van der Waals surface area contributed by atoms with Crippen LogP contribution in [0.25, 0.3) is 10.2 Å². The number of carbonyl (C=O) groups is 1. The molecule has 2 aromatic heterocycles. The molecule has 2 rings (SSSR count). The number of thiophene rings is 1. The largest absolute Gasteiger partial charge is 0.397 e. The summed E-state index contributed by atoms with van der Waals surface area (Å²) in [6, 6.07) is 1.95. The van der Waals surface area contributed by atoms with Gasteiger partial charge in [-0.2, -0.15) is 0 Å². The van der Waals surface area contributed by atoms with Gasteiger partial charge in [0.25, 0.3) is 5.91 Å². The van der Waals surface area contributed by atoms with Crippen molar-refractivity contribution in [1.82, 2.24) is 10.3 Å². The zero-order chi connectivity index (χ0) is 15.4.